The van der Waals surface area contributed by atoms with E-state index in [-0.39, 0.29) is 17.5 Å². The molecule has 150 valence electrons. The molecule has 0 fully saturated rings. The van der Waals surface area contributed by atoms with Crippen LogP contribution in [-0.4, -0.2) is 37.6 Å². The zero-order valence-corrected chi connectivity index (χ0v) is 16.0. The number of furan rings is 2. The number of nitrogens with zero attached hydrogens (tertiary/aromatic N) is 5. The number of hydrazone groups is 1. The molecule has 1 amide bonds. The molecule has 12 heteroatoms. The topological polar surface area (TPSA) is 142 Å². The third-order valence-corrected chi connectivity index (χ3v) is 4.48. The number of carbonyl (C=O) groups is 1. The minimum Gasteiger partial charge on any atom is -0.461 e. The molecule has 0 aliphatic carbocycles. The van der Waals surface area contributed by atoms with Crippen LogP contribution in [-0.2, 0) is 11.3 Å². The molecule has 0 spiro atoms. The van der Waals surface area contributed by atoms with E-state index in [0.29, 0.717) is 29.0 Å². The fourth-order valence-electron chi connectivity index (χ4n) is 2.25. The van der Waals surface area contributed by atoms with Gasteiger partial charge in [-0.3, -0.25) is 19.5 Å². The number of nitro groups is 1. The highest BCUT2D eigenvalue weighted by Crippen LogP contribution is 2.24. The van der Waals surface area contributed by atoms with Crippen molar-refractivity contribution in [1.82, 2.24) is 20.2 Å². The van der Waals surface area contributed by atoms with Gasteiger partial charge in [-0.15, -0.1) is 10.2 Å². The molecular formula is C17H16N6O5S. The number of amides is 1. The van der Waals surface area contributed by atoms with Crippen LogP contribution in [0.5, 0.6) is 0 Å². The normalized spacial score (nSPS) is 11.5. The van der Waals surface area contributed by atoms with Crippen molar-refractivity contribution in [3.05, 3.63) is 52.5 Å². The number of allylic oxidation sites excluding steroid dienone is 1. The van der Waals surface area contributed by atoms with Gasteiger partial charge in [0.15, 0.2) is 16.7 Å². The van der Waals surface area contributed by atoms with Crippen molar-refractivity contribution >= 4 is 35.8 Å². The number of nitrogens with one attached hydrogen (secondary N) is 1. The van der Waals surface area contributed by atoms with Crippen LogP contribution in [0.15, 0.2) is 55.7 Å². The molecule has 1 N–H and O–H groups in total. The predicted molar refractivity (Wildman–Crippen MR) is 105 cm³/mol. The van der Waals surface area contributed by atoms with E-state index in [9.17, 15) is 14.9 Å². The maximum absolute atomic E-state index is 11.9. The first kappa shape index (κ1) is 20.1. The molecule has 0 aromatic carbocycles. The van der Waals surface area contributed by atoms with E-state index in [1.807, 2.05) is 11.5 Å². The lowest BCUT2D eigenvalue weighted by atomic mass is 10.4. The van der Waals surface area contributed by atoms with Gasteiger partial charge < -0.3 is 8.83 Å². The van der Waals surface area contributed by atoms with E-state index in [0.717, 1.165) is 0 Å². The quantitative estimate of drug-likeness (QED) is 0.243. The third kappa shape index (κ3) is 5.19. The number of aromatic nitrogens is 3. The lowest BCUT2D eigenvalue weighted by molar-refractivity contribution is -0.402. The Kier molecular flexibility index (Phi) is 6.58. The predicted octanol–water partition coefficient (Wildman–Crippen LogP) is 2.97. The van der Waals surface area contributed by atoms with Crippen LogP contribution < -0.4 is 5.43 Å². The molecule has 0 saturated heterocycles. The highest BCUT2D eigenvalue weighted by molar-refractivity contribution is 7.99. The molecule has 0 saturated carbocycles. The monoisotopic (exact) mass is 416 g/mol. The van der Waals surface area contributed by atoms with E-state index in [1.165, 1.54) is 42.3 Å². The van der Waals surface area contributed by atoms with Crippen LogP contribution in [0.1, 0.15) is 12.7 Å². The summed E-state index contributed by atoms with van der Waals surface area (Å²) in [5.41, 5.74) is 2.38. The maximum Gasteiger partial charge on any atom is 0.433 e. The summed E-state index contributed by atoms with van der Waals surface area (Å²) in [6.07, 6.45) is 5.86. The average Bonchev–Trinajstić information content (AvgIpc) is 3.45. The lowest BCUT2D eigenvalue weighted by Gasteiger charge is -2.05. The number of thioether (sulfide) groups is 1. The average molecular weight is 416 g/mol. The molecule has 0 aliphatic heterocycles. The summed E-state index contributed by atoms with van der Waals surface area (Å²) in [7, 11) is 0. The first-order chi connectivity index (χ1) is 14.1. The van der Waals surface area contributed by atoms with Crippen molar-refractivity contribution in [2.45, 2.75) is 18.6 Å². The van der Waals surface area contributed by atoms with Gasteiger partial charge in [0.25, 0.3) is 5.91 Å². The van der Waals surface area contributed by atoms with E-state index in [1.54, 1.807) is 18.4 Å². The smallest absolute Gasteiger partial charge is 0.433 e. The Morgan fingerprint density at radius 2 is 2.28 bits per heavy atom. The fourth-order valence-corrected chi connectivity index (χ4v) is 3.05. The Balaban J connectivity index is 1.48. The highest BCUT2D eigenvalue weighted by atomic mass is 32.2. The van der Waals surface area contributed by atoms with Crippen LogP contribution >= 0.6 is 11.8 Å². The van der Waals surface area contributed by atoms with E-state index in [4.69, 9.17) is 8.83 Å². The van der Waals surface area contributed by atoms with Gasteiger partial charge in [0.2, 0.25) is 0 Å². The number of rotatable bonds is 9. The van der Waals surface area contributed by atoms with Crippen LogP contribution in [0.25, 0.3) is 17.7 Å². The number of hydrogen-bond acceptors (Lipinski definition) is 9. The number of hydrogen-bond donors (Lipinski definition) is 1. The zero-order valence-electron chi connectivity index (χ0n) is 15.2. The van der Waals surface area contributed by atoms with Crippen LogP contribution in [0.4, 0.5) is 5.88 Å². The molecule has 0 radical (unpaired) electrons. The van der Waals surface area contributed by atoms with Gasteiger partial charge in [-0.2, -0.15) is 5.10 Å². The maximum atomic E-state index is 11.9. The van der Waals surface area contributed by atoms with Crippen molar-refractivity contribution in [3.8, 4) is 11.6 Å². The van der Waals surface area contributed by atoms with Crippen molar-refractivity contribution in [2.75, 3.05) is 5.75 Å². The van der Waals surface area contributed by atoms with Gasteiger partial charge in [0, 0.05) is 12.8 Å². The van der Waals surface area contributed by atoms with E-state index < -0.39 is 4.92 Å². The van der Waals surface area contributed by atoms with Crippen LogP contribution in [0.2, 0.25) is 0 Å². The molecule has 3 aromatic heterocycles. The Morgan fingerprint density at radius 1 is 1.41 bits per heavy atom. The number of carbonyl (C=O) groups excluding carboxylic acids is 1. The molecular weight excluding hydrogens is 400 g/mol. The summed E-state index contributed by atoms with van der Waals surface area (Å²) < 4.78 is 12.1. The van der Waals surface area contributed by atoms with Gasteiger partial charge in [0.1, 0.15) is 10.7 Å². The molecule has 29 heavy (non-hydrogen) atoms. The van der Waals surface area contributed by atoms with Gasteiger partial charge in [-0.25, -0.2) is 5.43 Å². The second-order valence-corrected chi connectivity index (χ2v) is 6.36. The van der Waals surface area contributed by atoms with E-state index >= 15 is 0 Å². The molecule has 0 bridgehead atoms. The van der Waals surface area contributed by atoms with E-state index in [2.05, 4.69) is 20.7 Å². The molecule has 11 nitrogen and oxygen atoms in total. The minimum atomic E-state index is -0.625. The van der Waals surface area contributed by atoms with Gasteiger partial charge in [0.05, 0.1) is 18.1 Å². The Labute approximate surface area is 168 Å². The summed E-state index contributed by atoms with van der Waals surface area (Å²) >= 11 is 1.23. The Morgan fingerprint density at radius 3 is 2.97 bits per heavy atom. The van der Waals surface area contributed by atoms with Crippen molar-refractivity contribution in [1.29, 1.82) is 0 Å². The van der Waals surface area contributed by atoms with Crippen molar-refractivity contribution in [2.24, 2.45) is 5.10 Å². The molecule has 0 atom stereocenters. The highest BCUT2D eigenvalue weighted by Gasteiger charge is 2.16. The molecule has 0 aliphatic rings. The fraction of sp³-hybridized carbons (Fsp3) is 0.176. The summed E-state index contributed by atoms with van der Waals surface area (Å²) in [4.78, 5) is 21.8. The third-order valence-electron chi connectivity index (χ3n) is 3.51. The summed E-state index contributed by atoms with van der Waals surface area (Å²) in [6, 6.07) is 6.27. The van der Waals surface area contributed by atoms with Gasteiger partial charge in [-0.05, 0) is 37.3 Å². The summed E-state index contributed by atoms with van der Waals surface area (Å²) in [5.74, 6) is 0.939. The largest absolute Gasteiger partial charge is 0.461 e. The first-order valence-corrected chi connectivity index (χ1v) is 9.39. The van der Waals surface area contributed by atoms with Gasteiger partial charge >= 0.3 is 5.88 Å². The zero-order chi connectivity index (χ0) is 20.6. The van der Waals surface area contributed by atoms with Crippen molar-refractivity contribution in [3.63, 3.8) is 0 Å². The van der Waals surface area contributed by atoms with Crippen LogP contribution in [0.3, 0.4) is 0 Å². The lowest BCUT2D eigenvalue weighted by Crippen LogP contribution is -2.19. The summed E-state index contributed by atoms with van der Waals surface area (Å²) in [6.45, 7) is 2.57. The Bertz CT molecular complexity index is 1040. The SMILES string of the molecule is CCn1c(SCC(=O)N/N=C/C=C/c2ccc([N+](=O)[O-])o2)nnc1-c1ccco1. The summed E-state index contributed by atoms with van der Waals surface area (Å²) in [5, 5.41) is 23.1. The van der Waals surface area contributed by atoms with Crippen LogP contribution in [0, 0.1) is 10.1 Å². The molecule has 0 unspecified atom stereocenters. The molecule has 3 heterocycles. The van der Waals surface area contributed by atoms with Gasteiger partial charge in [-0.1, -0.05) is 11.8 Å². The minimum absolute atomic E-state index is 0.0989. The van der Waals surface area contributed by atoms with Crippen molar-refractivity contribution < 1.29 is 18.6 Å². The standard InChI is InChI=1S/C17H16N6O5S/c1-2-22-16(13-6-4-10-27-13)20-21-17(22)29-11-14(24)19-18-9-3-5-12-7-8-15(28-12)23(25)26/h3-10H,2,11H2,1H3,(H,19,24)/b5-3+,18-9+. The Hall–Kier alpha value is -3.67. The molecule has 3 aromatic rings. The second kappa shape index (κ2) is 9.50. The second-order valence-electron chi connectivity index (χ2n) is 5.42. The first-order valence-electron chi connectivity index (χ1n) is 8.41. The molecule has 3 rings (SSSR count).